The molecule has 0 spiro atoms. The van der Waals surface area contributed by atoms with Gasteiger partial charge in [-0.1, -0.05) is 12.8 Å². The van der Waals surface area contributed by atoms with Gasteiger partial charge >= 0.3 is 5.97 Å². The number of likely N-dealkylation sites (tertiary alicyclic amines) is 2. The highest BCUT2D eigenvalue weighted by Gasteiger charge is 2.49. The molecule has 4 aliphatic rings. The molecule has 6 nitrogen and oxygen atoms in total. The van der Waals surface area contributed by atoms with Crippen molar-refractivity contribution in [2.24, 2.45) is 17.8 Å². The molecule has 6 heteroatoms. The molecule has 138 valence electrons. The summed E-state index contributed by atoms with van der Waals surface area (Å²) in [7, 11) is 0. The number of nitrogens with zero attached hydrogens (tertiary/aromatic N) is 2. The Morgan fingerprint density at radius 1 is 0.800 bits per heavy atom. The van der Waals surface area contributed by atoms with Crippen molar-refractivity contribution in [3.05, 3.63) is 0 Å². The van der Waals surface area contributed by atoms with Gasteiger partial charge in [0.05, 0.1) is 0 Å². The van der Waals surface area contributed by atoms with E-state index in [4.69, 9.17) is 0 Å². The molecule has 0 aromatic carbocycles. The van der Waals surface area contributed by atoms with Crippen LogP contribution in [0.25, 0.3) is 0 Å². The molecule has 0 aromatic rings. The normalized spacial score (nSPS) is 33.2. The van der Waals surface area contributed by atoms with Gasteiger partial charge in [-0.25, -0.2) is 4.79 Å². The lowest BCUT2D eigenvalue weighted by Crippen LogP contribution is -2.51. The first-order valence-corrected chi connectivity index (χ1v) is 9.90. The number of amides is 2. The second-order valence-electron chi connectivity index (χ2n) is 8.32. The predicted molar refractivity (Wildman–Crippen MR) is 90.7 cm³/mol. The minimum absolute atomic E-state index is 0.0281. The molecule has 4 fully saturated rings. The molecule has 0 aromatic heterocycles. The summed E-state index contributed by atoms with van der Waals surface area (Å²) in [4.78, 5) is 40.7. The lowest BCUT2D eigenvalue weighted by atomic mass is 9.84. The fourth-order valence-corrected chi connectivity index (χ4v) is 5.14. The monoisotopic (exact) mass is 348 g/mol. The van der Waals surface area contributed by atoms with Gasteiger partial charge in [0.1, 0.15) is 6.04 Å². The van der Waals surface area contributed by atoms with E-state index in [1.807, 2.05) is 4.90 Å². The number of rotatable bonds is 3. The summed E-state index contributed by atoms with van der Waals surface area (Å²) >= 11 is 0. The standard InChI is InChI=1S/C19H28N2O4/c22-17(12-5-6-12)20-9-7-13(8-10-20)18(23)21-15-4-2-1-3-14(15)11-16(21)19(24)25/h12-16H,1-11H2,(H,24,25). The van der Waals surface area contributed by atoms with E-state index in [0.29, 0.717) is 38.3 Å². The van der Waals surface area contributed by atoms with Crippen LogP contribution in [-0.4, -0.2) is 57.9 Å². The van der Waals surface area contributed by atoms with E-state index in [-0.39, 0.29) is 29.7 Å². The van der Waals surface area contributed by atoms with Crippen molar-refractivity contribution in [1.29, 1.82) is 0 Å². The summed E-state index contributed by atoms with van der Waals surface area (Å²) in [6.07, 6.45) is 8.22. The molecule has 4 rings (SSSR count). The Morgan fingerprint density at radius 2 is 1.44 bits per heavy atom. The van der Waals surface area contributed by atoms with Crippen LogP contribution in [0.5, 0.6) is 0 Å². The molecule has 2 heterocycles. The van der Waals surface area contributed by atoms with Crippen LogP contribution in [0.3, 0.4) is 0 Å². The summed E-state index contributed by atoms with van der Waals surface area (Å²) in [5, 5.41) is 9.61. The lowest BCUT2D eigenvalue weighted by Gasteiger charge is -2.38. The number of piperidine rings is 1. The maximum atomic E-state index is 13.2. The third-order valence-corrected chi connectivity index (χ3v) is 6.71. The zero-order valence-electron chi connectivity index (χ0n) is 14.7. The van der Waals surface area contributed by atoms with Crippen LogP contribution < -0.4 is 0 Å². The quantitative estimate of drug-likeness (QED) is 0.845. The van der Waals surface area contributed by atoms with Gasteiger partial charge in [0.15, 0.2) is 0 Å². The van der Waals surface area contributed by atoms with Gasteiger partial charge in [-0.05, 0) is 50.9 Å². The fourth-order valence-electron chi connectivity index (χ4n) is 5.14. The first-order valence-electron chi connectivity index (χ1n) is 9.90. The topological polar surface area (TPSA) is 77.9 Å². The van der Waals surface area contributed by atoms with Gasteiger partial charge < -0.3 is 14.9 Å². The van der Waals surface area contributed by atoms with Crippen molar-refractivity contribution < 1.29 is 19.5 Å². The molecule has 3 unspecified atom stereocenters. The van der Waals surface area contributed by atoms with E-state index < -0.39 is 12.0 Å². The highest BCUT2D eigenvalue weighted by Crippen LogP contribution is 2.41. The van der Waals surface area contributed by atoms with Crippen molar-refractivity contribution >= 4 is 17.8 Å². The van der Waals surface area contributed by atoms with Crippen LogP contribution >= 0.6 is 0 Å². The molecule has 0 bridgehead atoms. The predicted octanol–water partition coefficient (Wildman–Crippen LogP) is 1.88. The van der Waals surface area contributed by atoms with Gasteiger partial charge in [-0.2, -0.15) is 0 Å². The molecule has 25 heavy (non-hydrogen) atoms. The average molecular weight is 348 g/mol. The Morgan fingerprint density at radius 3 is 2.08 bits per heavy atom. The number of hydrogen-bond donors (Lipinski definition) is 1. The number of carboxylic acids is 1. The van der Waals surface area contributed by atoms with Gasteiger partial charge in [0, 0.05) is 31.0 Å². The van der Waals surface area contributed by atoms with E-state index >= 15 is 0 Å². The summed E-state index contributed by atoms with van der Waals surface area (Å²) in [6, 6.07) is -0.528. The van der Waals surface area contributed by atoms with Gasteiger partial charge in [0.2, 0.25) is 11.8 Å². The molecule has 2 saturated heterocycles. The SMILES string of the molecule is O=C(O)C1CC2CCCCC2N1C(=O)C1CCN(C(=O)C2CC2)CC1. The van der Waals surface area contributed by atoms with E-state index in [2.05, 4.69) is 0 Å². The second-order valence-corrected chi connectivity index (χ2v) is 8.32. The number of aliphatic carboxylic acids is 1. The van der Waals surface area contributed by atoms with E-state index in [9.17, 15) is 19.5 Å². The molecule has 2 aliphatic carbocycles. The van der Waals surface area contributed by atoms with Crippen molar-refractivity contribution in [2.75, 3.05) is 13.1 Å². The maximum absolute atomic E-state index is 13.2. The largest absolute Gasteiger partial charge is 0.480 e. The Balaban J connectivity index is 1.42. The number of carboxylic acid groups (broad SMARTS) is 1. The van der Waals surface area contributed by atoms with Crippen molar-refractivity contribution in [1.82, 2.24) is 9.80 Å². The van der Waals surface area contributed by atoms with Crippen LogP contribution in [0.4, 0.5) is 0 Å². The molecule has 2 aliphatic heterocycles. The zero-order chi connectivity index (χ0) is 17.6. The third-order valence-electron chi connectivity index (χ3n) is 6.71. The molecule has 2 amide bonds. The van der Waals surface area contributed by atoms with Gasteiger partial charge in [0.25, 0.3) is 0 Å². The average Bonchev–Trinajstić information content (AvgIpc) is 3.40. The Labute approximate surface area is 148 Å². The molecule has 1 N–H and O–H groups in total. The van der Waals surface area contributed by atoms with Crippen LogP contribution in [0.2, 0.25) is 0 Å². The Bertz CT molecular complexity index is 566. The first kappa shape index (κ1) is 16.9. The van der Waals surface area contributed by atoms with Crippen LogP contribution in [0, 0.1) is 17.8 Å². The van der Waals surface area contributed by atoms with Crippen LogP contribution in [-0.2, 0) is 14.4 Å². The smallest absolute Gasteiger partial charge is 0.326 e. The summed E-state index contributed by atoms with van der Waals surface area (Å²) in [5.74, 6) is -0.112. The summed E-state index contributed by atoms with van der Waals surface area (Å²) < 4.78 is 0. The van der Waals surface area contributed by atoms with Crippen molar-refractivity contribution in [3.8, 4) is 0 Å². The summed E-state index contributed by atoms with van der Waals surface area (Å²) in [6.45, 7) is 1.29. The van der Waals surface area contributed by atoms with Crippen LogP contribution in [0.1, 0.15) is 57.8 Å². The highest BCUT2D eigenvalue weighted by molar-refractivity contribution is 5.87. The van der Waals surface area contributed by atoms with Crippen LogP contribution in [0.15, 0.2) is 0 Å². The van der Waals surface area contributed by atoms with E-state index in [1.54, 1.807) is 4.90 Å². The van der Waals surface area contributed by atoms with Gasteiger partial charge in [-0.15, -0.1) is 0 Å². The highest BCUT2D eigenvalue weighted by atomic mass is 16.4. The number of hydrogen-bond acceptors (Lipinski definition) is 3. The van der Waals surface area contributed by atoms with Crippen molar-refractivity contribution in [2.45, 2.75) is 69.9 Å². The first-order chi connectivity index (χ1) is 12.1. The molecule has 0 radical (unpaired) electrons. The number of fused-ring (bicyclic) bond motifs is 1. The zero-order valence-corrected chi connectivity index (χ0v) is 14.7. The van der Waals surface area contributed by atoms with E-state index in [0.717, 1.165) is 38.5 Å². The fraction of sp³-hybridized carbons (Fsp3) is 0.842. The minimum Gasteiger partial charge on any atom is -0.480 e. The van der Waals surface area contributed by atoms with Gasteiger partial charge in [-0.3, -0.25) is 9.59 Å². The molecule has 2 saturated carbocycles. The lowest BCUT2D eigenvalue weighted by molar-refractivity contribution is -0.153. The maximum Gasteiger partial charge on any atom is 0.326 e. The van der Waals surface area contributed by atoms with E-state index in [1.165, 1.54) is 0 Å². The Kier molecular flexibility index (Phi) is 4.46. The summed E-state index contributed by atoms with van der Waals surface area (Å²) in [5.41, 5.74) is 0. The molecular weight excluding hydrogens is 320 g/mol. The number of carbonyl (C=O) groups is 3. The van der Waals surface area contributed by atoms with Crippen molar-refractivity contribution in [3.63, 3.8) is 0 Å². The number of carbonyl (C=O) groups excluding carboxylic acids is 2. The minimum atomic E-state index is -0.857. The third kappa shape index (κ3) is 3.15. The molecular formula is C19H28N2O4. The molecule has 3 atom stereocenters. The second kappa shape index (κ2) is 6.61. The Hall–Kier alpha value is -1.59.